The van der Waals surface area contributed by atoms with Gasteiger partial charge < -0.3 is 10.2 Å². The molecule has 0 aromatic rings. The summed E-state index contributed by atoms with van der Waals surface area (Å²) in [4.78, 5) is 11.1. The Balaban J connectivity index is 1.75. The van der Waals surface area contributed by atoms with E-state index in [1.54, 1.807) is 11.8 Å². The predicted octanol–water partition coefficient (Wildman–Crippen LogP) is 2.13. The number of thioether (sulfide) groups is 1. The number of aliphatic hydroxyl groups excluding tert-OH is 1. The first-order valence-corrected chi connectivity index (χ1v) is 7.50. The molecule has 4 heteroatoms. The Labute approximate surface area is 106 Å². The topological polar surface area (TPSA) is 57.5 Å². The van der Waals surface area contributed by atoms with Crippen LogP contribution in [-0.2, 0) is 4.79 Å². The minimum absolute atomic E-state index is 0.181. The zero-order valence-corrected chi connectivity index (χ0v) is 10.8. The summed E-state index contributed by atoms with van der Waals surface area (Å²) < 4.78 is 0.181. The highest BCUT2D eigenvalue weighted by atomic mass is 32.2. The Morgan fingerprint density at radius 3 is 2.00 bits per heavy atom. The normalized spacial score (nSPS) is 44.9. The highest BCUT2D eigenvalue weighted by Gasteiger charge is 2.52. The quantitative estimate of drug-likeness (QED) is 0.809. The van der Waals surface area contributed by atoms with Gasteiger partial charge in [-0.2, -0.15) is 0 Å². The van der Waals surface area contributed by atoms with Crippen LogP contribution in [0.4, 0.5) is 0 Å². The van der Waals surface area contributed by atoms with Crippen molar-refractivity contribution in [3.8, 4) is 0 Å². The molecular formula is C13H20O3S. The fraction of sp³-hybridized carbons (Fsp3) is 0.923. The molecule has 4 aliphatic carbocycles. The fourth-order valence-electron chi connectivity index (χ4n) is 4.64. The molecule has 4 rings (SSSR count). The molecule has 0 spiro atoms. The molecule has 0 aromatic heterocycles. The van der Waals surface area contributed by atoms with Crippen LogP contribution >= 0.6 is 11.8 Å². The largest absolute Gasteiger partial charge is 0.480 e. The van der Waals surface area contributed by atoms with Gasteiger partial charge in [0.25, 0.3) is 0 Å². The van der Waals surface area contributed by atoms with Crippen molar-refractivity contribution in [1.29, 1.82) is 0 Å². The van der Waals surface area contributed by atoms with Gasteiger partial charge in [0.05, 0.1) is 6.61 Å². The van der Waals surface area contributed by atoms with Crippen LogP contribution in [0.15, 0.2) is 0 Å². The van der Waals surface area contributed by atoms with Gasteiger partial charge in [0, 0.05) is 4.75 Å². The minimum atomic E-state index is -0.853. The van der Waals surface area contributed by atoms with Gasteiger partial charge in [-0.15, -0.1) is 11.8 Å². The number of carboxylic acid groups (broad SMARTS) is 1. The summed E-state index contributed by atoms with van der Waals surface area (Å²) in [5.74, 6) is 1.65. The molecule has 2 N–H and O–H groups in total. The van der Waals surface area contributed by atoms with E-state index in [-0.39, 0.29) is 11.4 Å². The maximum atomic E-state index is 11.1. The third-order valence-electron chi connectivity index (χ3n) is 4.82. The first-order chi connectivity index (χ1) is 8.10. The Morgan fingerprint density at radius 1 is 1.18 bits per heavy atom. The summed E-state index contributed by atoms with van der Waals surface area (Å²) in [5, 5.41) is 17.7. The molecule has 1 unspecified atom stereocenters. The molecule has 1 atom stereocenters. The molecule has 0 aromatic carbocycles. The summed E-state index contributed by atoms with van der Waals surface area (Å²) in [6.07, 6.45) is 7.68. The number of hydrogen-bond donors (Lipinski definition) is 2. The van der Waals surface area contributed by atoms with Crippen molar-refractivity contribution in [2.75, 3.05) is 6.61 Å². The van der Waals surface area contributed by atoms with Crippen LogP contribution in [0.25, 0.3) is 0 Å². The molecule has 4 fully saturated rings. The van der Waals surface area contributed by atoms with E-state index in [0.717, 1.165) is 17.8 Å². The Hall–Kier alpha value is -0.220. The third-order valence-corrected chi connectivity index (χ3v) is 6.45. The molecule has 0 heterocycles. The van der Waals surface area contributed by atoms with Gasteiger partial charge in [-0.1, -0.05) is 0 Å². The molecule has 0 amide bonds. The Morgan fingerprint density at radius 2 is 1.65 bits per heavy atom. The molecule has 4 aliphatic rings. The van der Waals surface area contributed by atoms with Crippen LogP contribution in [0.5, 0.6) is 0 Å². The zero-order chi connectivity index (χ0) is 12.0. The van der Waals surface area contributed by atoms with Crippen molar-refractivity contribution in [2.45, 2.75) is 48.5 Å². The van der Waals surface area contributed by atoms with E-state index in [0.29, 0.717) is 0 Å². The van der Waals surface area contributed by atoms with E-state index in [4.69, 9.17) is 5.11 Å². The second-order valence-electron chi connectivity index (χ2n) is 6.23. The SMILES string of the molecule is O=C(O)C(CO)SC12CC3CC(CC(C3)C1)C2. The third kappa shape index (κ3) is 2.10. The van der Waals surface area contributed by atoms with E-state index in [1.165, 1.54) is 38.5 Å². The summed E-state index contributed by atoms with van der Waals surface area (Å²) >= 11 is 1.56. The van der Waals surface area contributed by atoms with Gasteiger partial charge in [-0.05, 0) is 56.3 Å². The van der Waals surface area contributed by atoms with Crippen LogP contribution in [0.2, 0.25) is 0 Å². The number of carboxylic acids is 1. The molecule has 4 bridgehead atoms. The van der Waals surface area contributed by atoms with Crippen molar-refractivity contribution in [2.24, 2.45) is 17.8 Å². The zero-order valence-electron chi connectivity index (χ0n) is 9.97. The molecule has 17 heavy (non-hydrogen) atoms. The molecule has 0 radical (unpaired) electrons. The van der Waals surface area contributed by atoms with Crippen LogP contribution in [0.1, 0.15) is 38.5 Å². The van der Waals surface area contributed by atoms with E-state index < -0.39 is 11.2 Å². The minimum Gasteiger partial charge on any atom is -0.480 e. The van der Waals surface area contributed by atoms with E-state index >= 15 is 0 Å². The Kier molecular flexibility index (Phi) is 2.90. The van der Waals surface area contributed by atoms with Crippen molar-refractivity contribution in [3.05, 3.63) is 0 Å². The van der Waals surface area contributed by atoms with Gasteiger partial charge in [-0.25, -0.2) is 0 Å². The lowest BCUT2D eigenvalue weighted by Gasteiger charge is -2.56. The van der Waals surface area contributed by atoms with Crippen molar-refractivity contribution >= 4 is 17.7 Å². The van der Waals surface area contributed by atoms with Crippen molar-refractivity contribution in [1.82, 2.24) is 0 Å². The summed E-state index contributed by atoms with van der Waals surface area (Å²) in [7, 11) is 0. The first kappa shape index (κ1) is 11.8. The van der Waals surface area contributed by atoms with E-state index in [2.05, 4.69) is 0 Å². The first-order valence-electron chi connectivity index (χ1n) is 6.62. The maximum Gasteiger partial charge on any atom is 0.319 e. The predicted molar refractivity (Wildman–Crippen MR) is 67.0 cm³/mol. The Bertz CT molecular complexity index is 293. The smallest absolute Gasteiger partial charge is 0.319 e. The van der Waals surface area contributed by atoms with Crippen LogP contribution in [0.3, 0.4) is 0 Å². The highest BCUT2D eigenvalue weighted by molar-refractivity contribution is 8.02. The summed E-state index contributed by atoms with van der Waals surface area (Å²) in [5.41, 5.74) is 0. The van der Waals surface area contributed by atoms with Crippen LogP contribution < -0.4 is 0 Å². The van der Waals surface area contributed by atoms with Crippen LogP contribution in [-0.4, -0.2) is 32.8 Å². The lowest BCUT2D eigenvalue weighted by molar-refractivity contribution is -0.137. The van der Waals surface area contributed by atoms with E-state index in [1.807, 2.05) is 0 Å². The van der Waals surface area contributed by atoms with Crippen molar-refractivity contribution < 1.29 is 15.0 Å². The fourth-order valence-corrected chi connectivity index (χ4v) is 6.42. The van der Waals surface area contributed by atoms with Gasteiger partial charge in [0.15, 0.2) is 0 Å². The standard InChI is InChI=1S/C13H20O3S/c14-7-11(12(15)16)17-13-4-8-1-9(5-13)3-10(2-8)6-13/h8-11,14H,1-7H2,(H,15,16). The summed E-state index contributed by atoms with van der Waals surface area (Å²) in [6, 6.07) is 0. The highest BCUT2D eigenvalue weighted by Crippen LogP contribution is 2.61. The van der Waals surface area contributed by atoms with Gasteiger partial charge in [0.1, 0.15) is 5.25 Å². The lowest BCUT2D eigenvalue weighted by atomic mass is 9.56. The second-order valence-corrected chi connectivity index (χ2v) is 7.90. The molecular weight excluding hydrogens is 236 g/mol. The molecule has 96 valence electrons. The van der Waals surface area contributed by atoms with Gasteiger partial charge >= 0.3 is 5.97 Å². The number of hydrogen-bond acceptors (Lipinski definition) is 3. The number of carbonyl (C=O) groups is 1. The molecule has 0 aliphatic heterocycles. The average Bonchev–Trinajstić information content (AvgIpc) is 2.23. The number of aliphatic carboxylic acids is 1. The molecule has 3 nitrogen and oxygen atoms in total. The lowest BCUT2D eigenvalue weighted by Crippen LogP contribution is -2.50. The maximum absolute atomic E-state index is 11.1. The second kappa shape index (κ2) is 4.16. The molecule has 4 saturated carbocycles. The van der Waals surface area contributed by atoms with Gasteiger partial charge in [-0.3, -0.25) is 4.79 Å². The number of rotatable bonds is 4. The van der Waals surface area contributed by atoms with E-state index in [9.17, 15) is 9.90 Å². The van der Waals surface area contributed by atoms with Crippen molar-refractivity contribution in [3.63, 3.8) is 0 Å². The molecule has 0 saturated heterocycles. The van der Waals surface area contributed by atoms with Gasteiger partial charge in [0.2, 0.25) is 0 Å². The van der Waals surface area contributed by atoms with Crippen LogP contribution in [0, 0.1) is 17.8 Å². The average molecular weight is 256 g/mol. The number of aliphatic hydroxyl groups is 1. The monoisotopic (exact) mass is 256 g/mol. The summed E-state index contributed by atoms with van der Waals surface area (Å²) in [6.45, 7) is -0.234.